The van der Waals surface area contributed by atoms with Gasteiger partial charge in [0.1, 0.15) is 0 Å². The maximum Gasteiger partial charge on any atom is 0.417 e. The van der Waals surface area contributed by atoms with E-state index in [1.165, 1.54) is 0 Å². The first kappa shape index (κ1) is 22.7. The normalized spacial score (nSPS) is 17.9. The Hall–Kier alpha value is -1.62. The van der Waals surface area contributed by atoms with Gasteiger partial charge in [0.2, 0.25) is 15.9 Å². The third kappa shape index (κ3) is 5.05. The highest BCUT2D eigenvalue weighted by Crippen LogP contribution is 2.36. The van der Waals surface area contributed by atoms with Crippen molar-refractivity contribution < 1.29 is 26.4 Å². The molecule has 1 aromatic rings. The zero-order valence-corrected chi connectivity index (χ0v) is 16.7. The number of nitrogens with one attached hydrogen (secondary N) is 1. The van der Waals surface area contributed by atoms with Crippen LogP contribution in [0.1, 0.15) is 12.5 Å². The van der Waals surface area contributed by atoms with Gasteiger partial charge in [-0.15, -0.1) is 6.58 Å². The van der Waals surface area contributed by atoms with E-state index in [2.05, 4.69) is 11.9 Å². The van der Waals surface area contributed by atoms with E-state index in [0.717, 1.165) is 16.4 Å². The molecule has 0 aromatic heterocycles. The monoisotopic (exact) mass is 439 g/mol. The van der Waals surface area contributed by atoms with Crippen LogP contribution in [0.2, 0.25) is 5.02 Å². The summed E-state index contributed by atoms with van der Waals surface area (Å²) in [6, 6.07) is 2.08. The van der Waals surface area contributed by atoms with E-state index in [1.807, 2.05) is 4.90 Å². The fraction of sp³-hybridized carbons (Fsp3) is 0.471. The summed E-state index contributed by atoms with van der Waals surface area (Å²) in [5.41, 5.74) is -1.19. The summed E-state index contributed by atoms with van der Waals surface area (Å²) in [6.07, 6.45) is -3.20. The topological polar surface area (TPSA) is 69.7 Å². The van der Waals surface area contributed by atoms with Crippen LogP contribution in [0, 0.1) is 0 Å². The first-order valence-electron chi connectivity index (χ1n) is 8.48. The molecule has 0 saturated carbocycles. The average molecular weight is 440 g/mol. The lowest BCUT2D eigenvalue weighted by atomic mass is 10.2. The molecule has 1 atom stereocenters. The van der Waals surface area contributed by atoms with Crippen LogP contribution in [0.15, 0.2) is 35.7 Å². The molecule has 1 aliphatic rings. The average Bonchev–Trinajstić information content (AvgIpc) is 2.64. The summed E-state index contributed by atoms with van der Waals surface area (Å²) in [5.74, 6) is -0.205. The summed E-state index contributed by atoms with van der Waals surface area (Å²) < 4.78 is 65.6. The Morgan fingerprint density at radius 2 is 1.93 bits per heavy atom. The number of nitrogens with zero attached hydrogens (tertiary/aromatic N) is 2. The Balaban J connectivity index is 2.11. The summed E-state index contributed by atoms with van der Waals surface area (Å²) in [5, 5.41) is 2.11. The number of alkyl halides is 3. The van der Waals surface area contributed by atoms with Crippen LogP contribution in [0.4, 0.5) is 13.2 Å². The molecule has 2 rings (SSSR count). The molecule has 1 fully saturated rings. The van der Waals surface area contributed by atoms with Crippen LogP contribution in [0.25, 0.3) is 0 Å². The highest BCUT2D eigenvalue weighted by molar-refractivity contribution is 7.89. The zero-order chi connectivity index (χ0) is 21.1. The molecule has 6 nitrogen and oxygen atoms in total. The number of hydrogen-bond donors (Lipinski definition) is 1. The van der Waals surface area contributed by atoms with Crippen molar-refractivity contribution in [2.45, 2.75) is 24.0 Å². The number of hydrogen-bond acceptors (Lipinski definition) is 4. The van der Waals surface area contributed by atoms with Gasteiger partial charge in [-0.1, -0.05) is 17.7 Å². The molecule has 1 aromatic carbocycles. The second kappa shape index (κ2) is 8.81. The second-order valence-electron chi connectivity index (χ2n) is 6.29. The number of carbonyl (C=O) groups excluding carboxylic acids is 1. The van der Waals surface area contributed by atoms with Gasteiger partial charge in [-0.25, -0.2) is 8.42 Å². The highest BCUT2D eigenvalue weighted by atomic mass is 35.5. The third-order valence-electron chi connectivity index (χ3n) is 4.50. The molecule has 0 radical (unpaired) electrons. The van der Waals surface area contributed by atoms with Gasteiger partial charge < -0.3 is 5.32 Å². The molecule has 11 heteroatoms. The molecular formula is C17H21ClF3N3O3S. The molecule has 28 heavy (non-hydrogen) atoms. The molecule has 0 bridgehead atoms. The van der Waals surface area contributed by atoms with Crippen molar-refractivity contribution >= 4 is 27.5 Å². The van der Waals surface area contributed by atoms with Crippen molar-refractivity contribution in [3.05, 3.63) is 41.4 Å². The number of piperazine rings is 1. The quantitative estimate of drug-likeness (QED) is 0.691. The molecule has 0 spiro atoms. The SMILES string of the molecule is C=CCNC(=O)C(C)N1CCN(S(=O)(=O)c2ccc(Cl)c(C(F)(F)F)c2)CC1. The Morgan fingerprint density at radius 1 is 1.32 bits per heavy atom. The summed E-state index contributed by atoms with van der Waals surface area (Å²) >= 11 is 5.56. The van der Waals surface area contributed by atoms with Crippen LogP contribution in [0.3, 0.4) is 0 Å². The van der Waals surface area contributed by atoms with E-state index in [-0.39, 0.29) is 32.1 Å². The van der Waals surface area contributed by atoms with Crippen molar-refractivity contribution in [2.24, 2.45) is 0 Å². The highest BCUT2D eigenvalue weighted by Gasteiger charge is 2.36. The molecule has 1 saturated heterocycles. The lowest BCUT2D eigenvalue weighted by Gasteiger charge is -2.36. The molecule has 1 aliphatic heterocycles. The van der Waals surface area contributed by atoms with Gasteiger partial charge >= 0.3 is 6.18 Å². The van der Waals surface area contributed by atoms with Gasteiger partial charge in [0.05, 0.1) is 21.5 Å². The Labute approximate surface area is 167 Å². The summed E-state index contributed by atoms with van der Waals surface area (Å²) in [6.45, 7) is 6.23. The maximum absolute atomic E-state index is 13.0. The number of amides is 1. The minimum Gasteiger partial charge on any atom is -0.351 e. The third-order valence-corrected chi connectivity index (χ3v) is 6.73. The van der Waals surface area contributed by atoms with Crippen LogP contribution >= 0.6 is 11.6 Å². The predicted molar refractivity (Wildman–Crippen MR) is 99.5 cm³/mol. The predicted octanol–water partition coefficient (Wildman–Crippen LogP) is 2.36. The number of sulfonamides is 1. The molecule has 1 heterocycles. The van der Waals surface area contributed by atoms with E-state index in [1.54, 1.807) is 13.0 Å². The van der Waals surface area contributed by atoms with Crippen molar-refractivity contribution in [1.82, 2.24) is 14.5 Å². The largest absolute Gasteiger partial charge is 0.417 e. The summed E-state index contributed by atoms with van der Waals surface area (Å²) in [7, 11) is -4.11. The zero-order valence-electron chi connectivity index (χ0n) is 15.2. The van der Waals surface area contributed by atoms with Gasteiger partial charge in [-0.2, -0.15) is 17.5 Å². The maximum atomic E-state index is 13.0. The standard InChI is InChI=1S/C17H21ClF3N3O3S/c1-3-6-22-16(25)12(2)23-7-9-24(10-8-23)28(26,27)13-4-5-15(18)14(11-13)17(19,20)21/h3-5,11-12H,1,6-10H2,2H3,(H,22,25). The summed E-state index contributed by atoms with van der Waals surface area (Å²) in [4.78, 5) is 13.4. The first-order valence-corrected chi connectivity index (χ1v) is 10.3. The fourth-order valence-corrected chi connectivity index (χ4v) is 4.52. The van der Waals surface area contributed by atoms with Gasteiger partial charge in [0, 0.05) is 32.7 Å². The van der Waals surface area contributed by atoms with Crippen molar-refractivity contribution in [2.75, 3.05) is 32.7 Å². The lowest BCUT2D eigenvalue weighted by Crippen LogP contribution is -2.54. The van der Waals surface area contributed by atoms with Crippen LogP contribution in [-0.2, 0) is 21.0 Å². The number of benzene rings is 1. The minimum atomic E-state index is -4.75. The van der Waals surface area contributed by atoms with Crippen molar-refractivity contribution in [1.29, 1.82) is 0 Å². The Bertz CT molecular complexity index is 838. The van der Waals surface area contributed by atoms with Crippen LogP contribution in [-0.4, -0.2) is 62.3 Å². The van der Waals surface area contributed by atoms with Crippen molar-refractivity contribution in [3.63, 3.8) is 0 Å². The Kier molecular flexibility index (Phi) is 7.13. The molecule has 1 N–H and O–H groups in total. The Morgan fingerprint density at radius 3 is 2.46 bits per heavy atom. The first-order chi connectivity index (χ1) is 13.0. The number of carbonyl (C=O) groups is 1. The second-order valence-corrected chi connectivity index (χ2v) is 8.63. The number of halogens is 4. The van der Waals surface area contributed by atoms with E-state index < -0.39 is 37.7 Å². The van der Waals surface area contributed by atoms with Gasteiger partial charge in [-0.05, 0) is 25.1 Å². The lowest BCUT2D eigenvalue weighted by molar-refractivity contribution is -0.137. The van der Waals surface area contributed by atoms with Crippen molar-refractivity contribution in [3.8, 4) is 0 Å². The van der Waals surface area contributed by atoms with E-state index >= 15 is 0 Å². The van der Waals surface area contributed by atoms with Gasteiger partial charge in [0.15, 0.2) is 0 Å². The minimum absolute atomic E-state index is 0.0609. The van der Waals surface area contributed by atoms with Crippen LogP contribution < -0.4 is 5.32 Å². The van der Waals surface area contributed by atoms with E-state index in [9.17, 15) is 26.4 Å². The fourth-order valence-electron chi connectivity index (χ4n) is 2.85. The molecular weight excluding hydrogens is 419 g/mol. The van der Waals surface area contributed by atoms with Gasteiger partial charge in [-0.3, -0.25) is 9.69 Å². The molecule has 0 aliphatic carbocycles. The molecule has 1 amide bonds. The van der Waals surface area contributed by atoms with Crippen LogP contribution in [0.5, 0.6) is 0 Å². The molecule has 156 valence electrons. The molecule has 1 unspecified atom stereocenters. The van der Waals surface area contributed by atoms with E-state index in [4.69, 9.17) is 11.6 Å². The van der Waals surface area contributed by atoms with Gasteiger partial charge in [0.25, 0.3) is 0 Å². The smallest absolute Gasteiger partial charge is 0.351 e. The number of rotatable bonds is 6. The van der Waals surface area contributed by atoms with E-state index in [0.29, 0.717) is 12.6 Å².